The Morgan fingerprint density at radius 2 is 1.50 bits per heavy atom. The summed E-state index contributed by atoms with van der Waals surface area (Å²) in [4.78, 5) is 14.1. The van der Waals surface area contributed by atoms with Crippen molar-refractivity contribution in [3.63, 3.8) is 0 Å². The molecule has 0 aliphatic rings. The van der Waals surface area contributed by atoms with Crippen LogP contribution in [0.1, 0.15) is 0 Å². The molecule has 0 fully saturated rings. The molecule has 7 heteroatoms. The number of carbonyl (C=O) groups excluding carboxylic acids is 1. The van der Waals surface area contributed by atoms with E-state index in [9.17, 15) is 13.2 Å². The summed E-state index contributed by atoms with van der Waals surface area (Å²) in [5, 5.41) is 3.86. The van der Waals surface area contributed by atoms with Gasteiger partial charge in [-0.05, 0) is 24.3 Å². The lowest BCUT2D eigenvalue weighted by atomic mass is 10.1. The Balaban J connectivity index is 1.95. The van der Waals surface area contributed by atoms with Gasteiger partial charge < -0.3 is 10.2 Å². The summed E-state index contributed by atoms with van der Waals surface area (Å²) >= 11 is 0. The fourth-order valence-corrected chi connectivity index (χ4v) is 3.87. The highest BCUT2D eigenvalue weighted by molar-refractivity contribution is 7.90. The molecular weight excluding hydrogens is 350 g/mol. The number of benzene rings is 3. The number of para-hydroxylation sites is 1. The van der Waals surface area contributed by atoms with Crippen LogP contribution >= 0.6 is 0 Å². The fraction of sp³-hybridized carbons (Fsp3) is 0.105. The third-order valence-electron chi connectivity index (χ3n) is 3.89. The van der Waals surface area contributed by atoms with Gasteiger partial charge in [0.2, 0.25) is 0 Å². The molecule has 26 heavy (non-hydrogen) atoms. The summed E-state index contributed by atoms with van der Waals surface area (Å²) in [6.45, 7) is 0. The zero-order chi connectivity index (χ0) is 18.7. The van der Waals surface area contributed by atoms with Gasteiger partial charge in [-0.3, -0.25) is 0 Å². The predicted octanol–water partition coefficient (Wildman–Crippen LogP) is 3.42. The van der Waals surface area contributed by atoms with Gasteiger partial charge in [0.05, 0.1) is 4.90 Å². The molecule has 0 aromatic heterocycles. The fourth-order valence-electron chi connectivity index (χ4n) is 2.74. The summed E-state index contributed by atoms with van der Waals surface area (Å²) in [6, 6.07) is 18.3. The Morgan fingerprint density at radius 1 is 0.846 bits per heavy atom. The highest BCUT2D eigenvalue weighted by Gasteiger charge is 2.21. The normalized spacial score (nSPS) is 11.2. The maximum atomic E-state index is 12.7. The predicted molar refractivity (Wildman–Crippen MR) is 104 cm³/mol. The third-order valence-corrected chi connectivity index (χ3v) is 5.28. The highest BCUT2D eigenvalue weighted by atomic mass is 32.2. The van der Waals surface area contributed by atoms with E-state index in [4.69, 9.17) is 0 Å². The number of nitrogens with zero attached hydrogens (tertiary/aromatic N) is 1. The Morgan fingerprint density at radius 3 is 2.19 bits per heavy atom. The largest absolute Gasteiger partial charge is 0.377 e. The Kier molecular flexibility index (Phi) is 4.81. The second kappa shape index (κ2) is 7.05. The molecule has 2 amide bonds. The van der Waals surface area contributed by atoms with Crippen LogP contribution in [0, 0.1) is 0 Å². The number of anilines is 2. The van der Waals surface area contributed by atoms with E-state index in [0.717, 1.165) is 11.1 Å². The van der Waals surface area contributed by atoms with E-state index in [1.54, 1.807) is 48.5 Å². The average Bonchev–Trinajstić information content (AvgIpc) is 2.60. The minimum Gasteiger partial charge on any atom is -0.377 e. The topological polar surface area (TPSA) is 78.5 Å². The molecule has 0 saturated heterocycles. The zero-order valence-electron chi connectivity index (χ0n) is 14.4. The van der Waals surface area contributed by atoms with Gasteiger partial charge in [-0.2, -0.15) is 0 Å². The molecule has 0 unspecified atom stereocenters. The summed E-state index contributed by atoms with van der Waals surface area (Å²) in [5.41, 5.74) is 1.40. The van der Waals surface area contributed by atoms with Gasteiger partial charge in [0.25, 0.3) is 10.0 Å². The Bertz CT molecular complexity index is 1050. The van der Waals surface area contributed by atoms with Gasteiger partial charge in [-0.25, -0.2) is 17.9 Å². The molecule has 0 atom stereocenters. The second-order valence-corrected chi connectivity index (χ2v) is 7.60. The van der Waals surface area contributed by atoms with E-state index in [1.165, 1.54) is 6.07 Å². The van der Waals surface area contributed by atoms with Gasteiger partial charge in [0.15, 0.2) is 0 Å². The van der Waals surface area contributed by atoms with Crippen molar-refractivity contribution < 1.29 is 13.2 Å². The average molecular weight is 369 g/mol. The van der Waals surface area contributed by atoms with E-state index >= 15 is 0 Å². The lowest BCUT2D eigenvalue weighted by molar-refractivity contribution is 0.256. The summed E-state index contributed by atoms with van der Waals surface area (Å²) in [5.74, 6) is 0. The first kappa shape index (κ1) is 17.8. The molecule has 0 spiro atoms. The van der Waals surface area contributed by atoms with Crippen LogP contribution in [0.2, 0.25) is 0 Å². The van der Waals surface area contributed by atoms with Crippen LogP contribution in [-0.4, -0.2) is 28.5 Å². The monoisotopic (exact) mass is 369 g/mol. The number of amides is 2. The molecule has 134 valence electrons. The van der Waals surface area contributed by atoms with Crippen molar-refractivity contribution in [3.8, 4) is 0 Å². The van der Waals surface area contributed by atoms with E-state index < -0.39 is 16.1 Å². The maximum Gasteiger partial charge on any atom is 0.333 e. The van der Waals surface area contributed by atoms with Gasteiger partial charge in [0, 0.05) is 36.2 Å². The molecule has 3 aromatic rings. The maximum absolute atomic E-state index is 12.7. The molecule has 6 nitrogen and oxygen atoms in total. The molecule has 2 N–H and O–H groups in total. The van der Waals surface area contributed by atoms with Crippen molar-refractivity contribution in [3.05, 3.63) is 66.7 Å². The SMILES string of the molecule is CN(C)c1cccc2c(S(=O)(=O)NC(=O)Nc3ccccc3)cccc12. The molecule has 0 saturated carbocycles. The summed E-state index contributed by atoms with van der Waals surface area (Å²) in [6.07, 6.45) is 0. The smallest absolute Gasteiger partial charge is 0.333 e. The minimum absolute atomic E-state index is 0.0573. The number of hydrogen-bond acceptors (Lipinski definition) is 4. The standard InChI is InChI=1S/C19H19N3O3S/c1-22(2)17-12-6-11-16-15(17)10-7-13-18(16)26(24,25)21-19(23)20-14-8-4-3-5-9-14/h3-13H,1-2H3,(H2,20,21,23). The van der Waals surface area contributed by atoms with Crippen molar-refractivity contribution in [2.24, 2.45) is 0 Å². The number of urea groups is 1. The van der Waals surface area contributed by atoms with Crippen LogP contribution in [0.3, 0.4) is 0 Å². The molecule has 0 aliphatic heterocycles. The van der Waals surface area contributed by atoms with E-state index in [2.05, 4.69) is 10.0 Å². The second-order valence-electron chi connectivity index (χ2n) is 5.95. The van der Waals surface area contributed by atoms with Crippen LogP contribution in [0.15, 0.2) is 71.6 Å². The first-order chi connectivity index (χ1) is 12.4. The van der Waals surface area contributed by atoms with Gasteiger partial charge in [0.1, 0.15) is 0 Å². The van der Waals surface area contributed by atoms with Crippen molar-refractivity contribution in [2.45, 2.75) is 4.90 Å². The van der Waals surface area contributed by atoms with Crippen molar-refractivity contribution in [2.75, 3.05) is 24.3 Å². The summed E-state index contributed by atoms with van der Waals surface area (Å²) < 4.78 is 27.6. The van der Waals surface area contributed by atoms with Gasteiger partial charge in [-0.15, -0.1) is 0 Å². The van der Waals surface area contributed by atoms with Crippen molar-refractivity contribution in [1.29, 1.82) is 0 Å². The Hall–Kier alpha value is -3.06. The van der Waals surface area contributed by atoms with Crippen molar-refractivity contribution in [1.82, 2.24) is 4.72 Å². The van der Waals surface area contributed by atoms with Crippen LogP contribution in [-0.2, 0) is 10.0 Å². The lowest BCUT2D eigenvalue weighted by Crippen LogP contribution is -2.34. The van der Waals surface area contributed by atoms with Crippen LogP contribution in [0.25, 0.3) is 10.8 Å². The van der Waals surface area contributed by atoms with Crippen molar-refractivity contribution >= 4 is 38.2 Å². The molecule has 0 aliphatic carbocycles. The highest BCUT2D eigenvalue weighted by Crippen LogP contribution is 2.30. The first-order valence-electron chi connectivity index (χ1n) is 7.96. The molecular formula is C19H19N3O3S. The molecule has 3 rings (SSSR count). The lowest BCUT2D eigenvalue weighted by Gasteiger charge is -2.17. The number of rotatable bonds is 4. The zero-order valence-corrected chi connectivity index (χ0v) is 15.2. The number of nitrogens with one attached hydrogen (secondary N) is 2. The number of fused-ring (bicyclic) bond motifs is 1. The number of carbonyl (C=O) groups is 1. The van der Waals surface area contributed by atoms with Gasteiger partial charge in [-0.1, -0.05) is 42.5 Å². The van der Waals surface area contributed by atoms with E-state index in [0.29, 0.717) is 11.1 Å². The van der Waals surface area contributed by atoms with Crippen LogP contribution in [0.5, 0.6) is 0 Å². The molecule has 0 radical (unpaired) electrons. The number of hydrogen-bond donors (Lipinski definition) is 2. The number of sulfonamides is 1. The third kappa shape index (κ3) is 3.62. The van der Waals surface area contributed by atoms with E-state index in [1.807, 2.05) is 31.1 Å². The quantitative estimate of drug-likeness (QED) is 0.739. The van der Waals surface area contributed by atoms with Crippen LogP contribution < -0.4 is 14.9 Å². The molecule has 0 bridgehead atoms. The molecule has 3 aromatic carbocycles. The van der Waals surface area contributed by atoms with Crippen LogP contribution in [0.4, 0.5) is 16.2 Å². The summed E-state index contributed by atoms with van der Waals surface area (Å²) in [7, 11) is -0.248. The van der Waals surface area contributed by atoms with Gasteiger partial charge >= 0.3 is 6.03 Å². The first-order valence-corrected chi connectivity index (χ1v) is 9.45. The molecule has 0 heterocycles. The minimum atomic E-state index is -4.03. The Labute approximate surface area is 152 Å². The van der Waals surface area contributed by atoms with E-state index in [-0.39, 0.29) is 4.90 Å².